The minimum Gasteiger partial charge on any atom is -0.507 e. The van der Waals surface area contributed by atoms with E-state index in [4.69, 9.17) is 4.74 Å². The maximum Gasteiger partial charge on any atom is 0.301 e. The van der Waals surface area contributed by atoms with Crippen LogP contribution in [0.15, 0.2) is 88.8 Å². The third kappa shape index (κ3) is 5.71. The fraction of sp³-hybridized carbons (Fsp3) is 0.172. The highest BCUT2D eigenvalue weighted by atomic mass is 32.2. The molecule has 198 valence electrons. The Kier molecular flexibility index (Phi) is 8.04. The summed E-state index contributed by atoms with van der Waals surface area (Å²) in [6.07, 6.45) is 0.848. The first kappa shape index (κ1) is 26.6. The molecule has 1 atom stereocenters. The fourth-order valence-electron chi connectivity index (χ4n) is 4.15. The molecule has 39 heavy (non-hydrogen) atoms. The lowest BCUT2D eigenvalue weighted by molar-refractivity contribution is -0.132. The predicted octanol–water partition coefficient (Wildman–Crippen LogP) is 6.38. The number of Topliss-reactive ketones (excluding diaryl/α,β-unsaturated/α-hetero) is 1. The van der Waals surface area contributed by atoms with E-state index >= 15 is 0 Å². The molecule has 1 aliphatic rings. The van der Waals surface area contributed by atoms with Crippen LogP contribution in [0.1, 0.15) is 36.1 Å². The highest BCUT2D eigenvalue weighted by Crippen LogP contribution is 2.44. The largest absolute Gasteiger partial charge is 0.507 e. The second kappa shape index (κ2) is 11.8. The van der Waals surface area contributed by atoms with E-state index in [2.05, 4.69) is 10.2 Å². The zero-order valence-corrected chi connectivity index (χ0v) is 22.5. The molecule has 1 amide bonds. The summed E-state index contributed by atoms with van der Waals surface area (Å²) in [5, 5.41) is 19.9. The molecule has 0 saturated carbocycles. The van der Waals surface area contributed by atoms with Crippen LogP contribution in [0.5, 0.6) is 5.75 Å². The average molecular weight is 562 g/mol. The lowest BCUT2D eigenvalue weighted by atomic mass is 9.95. The molecule has 3 aromatic carbocycles. The molecular formula is C29H24FN3O4S2. The van der Waals surface area contributed by atoms with Crippen LogP contribution in [0.4, 0.5) is 9.52 Å². The molecular weight excluding hydrogens is 537 g/mol. The molecule has 7 nitrogen and oxygen atoms in total. The molecule has 2 heterocycles. The third-order valence-corrected chi connectivity index (χ3v) is 8.16. The Balaban J connectivity index is 1.51. The molecule has 1 N–H and O–H groups in total. The van der Waals surface area contributed by atoms with E-state index in [1.807, 2.05) is 37.3 Å². The SMILES string of the molecule is CCCOc1ccc(/C(O)=C2\C(=O)C(=O)N(c3nnc(SCc4ccccc4)s3)C2c2ccc(F)cc2)cc1. The Morgan fingerprint density at radius 3 is 2.44 bits per heavy atom. The zero-order valence-electron chi connectivity index (χ0n) is 20.9. The van der Waals surface area contributed by atoms with Crippen molar-refractivity contribution in [3.05, 3.63) is 107 Å². The van der Waals surface area contributed by atoms with Gasteiger partial charge in [0.05, 0.1) is 18.2 Å². The quantitative estimate of drug-likeness (QED) is 0.0833. The Labute approximate surface area is 233 Å². The summed E-state index contributed by atoms with van der Waals surface area (Å²) in [6.45, 7) is 2.55. The molecule has 1 aromatic heterocycles. The number of anilines is 1. The molecule has 0 aliphatic carbocycles. The number of amides is 1. The number of halogens is 1. The second-order valence-electron chi connectivity index (χ2n) is 8.72. The first-order valence-electron chi connectivity index (χ1n) is 12.3. The summed E-state index contributed by atoms with van der Waals surface area (Å²) >= 11 is 2.64. The first-order chi connectivity index (χ1) is 19.0. The number of ether oxygens (including phenoxy) is 1. The molecule has 1 aliphatic heterocycles. The summed E-state index contributed by atoms with van der Waals surface area (Å²) in [7, 11) is 0. The zero-order chi connectivity index (χ0) is 27.4. The van der Waals surface area contributed by atoms with Gasteiger partial charge in [0, 0.05) is 11.3 Å². The van der Waals surface area contributed by atoms with Gasteiger partial charge in [0.1, 0.15) is 17.3 Å². The van der Waals surface area contributed by atoms with Crippen LogP contribution in [-0.4, -0.2) is 33.6 Å². The first-order valence-corrected chi connectivity index (χ1v) is 14.1. The van der Waals surface area contributed by atoms with Crippen LogP contribution in [0, 0.1) is 5.82 Å². The summed E-state index contributed by atoms with van der Waals surface area (Å²) in [5.74, 6) is -1.22. The van der Waals surface area contributed by atoms with Gasteiger partial charge in [-0.05, 0) is 53.9 Å². The van der Waals surface area contributed by atoms with Crippen molar-refractivity contribution < 1.29 is 23.8 Å². The molecule has 0 spiro atoms. The second-order valence-corrected chi connectivity index (χ2v) is 10.9. The lowest BCUT2D eigenvalue weighted by Crippen LogP contribution is -2.29. The number of carbonyl (C=O) groups excluding carboxylic acids is 2. The average Bonchev–Trinajstić information content (AvgIpc) is 3.53. The van der Waals surface area contributed by atoms with Crippen LogP contribution < -0.4 is 9.64 Å². The van der Waals surface area contributed by atoms with Crippen LogP contribution in [-0.2, 0) is 15.3 Å². The molecule has 1 saturated heterocycles. The monoisotopic (exact) mass is 561 g/mol. The highest BCUT2D eigenvalue weighted by molar-refractivity contribution is 8.00. The Bertz CT molecular complexity index is 1510. The van der Waals surface area contributed by atoms with Crippen LogP contribution in [0.3, 0.4) is 0 Å². The summed E-state index contributed by atoms with van der Waals surface area (Å²) in [6, 6.07) is 20.9. The maximum atomic E-state index is 13.8. The number of rotatable bonds is 9. The van der Waals surface area contributed by atoms with Crippen LogP contribution in [0.2, 0.25) is 0 Å². The van der Waals surface area contributed by atoms with E-state index in [1.54, 1.807) is 24.3 Å². The van der Waals surface area contributed by atoms with Crippen molar-refractivity contribution in [3.63, 3.8) is 0 Å². The third-order valence-electron chi connectivity index (χ3n) is 6.04. The number of aromatic nitrogens is 2. The summed E-state index contributed by atoms with van der Waals surface area (Å²) < 4.78 is 20.0. The van der Waals surface area contributed by atoms with Crippen molar-refractivity contribution in [1.29, 1.82) is 0 Å². The van der Waals surface area contributed by atoms with E-state index in [1.165, 1.54) is 52.3 Å². The van der Waals surface area contributed by atoms with Crippen molar-refractivity contribution in [2.75, 3.05) is 11.5 Å². The van der Waals surface area contributed by atoms with Crippen molar-refractivity contribution in [2.24, 2.45) is 0 Å². The van der Waals surface area contributed by atoms with Crippen LogP contribution in [0.25, 0.3) is 5.76 Å². The van der Waals surface area contributed by atoms with Gasteiger partial charge >= 0.3 is 5.91 Å². The summed E-state index contributed by atoms with van der Waals surface area (Å²) in [4.78, 5) is 27.9. The number of benzene rings is 3. The molecule has 10 heteroatoms. The van der Waals surface area contributed by atoms with E-state index in [0.717, 1.165) is 12.0 Å². The van der Waals surface area contributed by atoms with E-state index in [0.29, 0.717) is 33.6 Å². The van der Waals surface area contributed by atoms with E-state index in [-0.39, 0.29) is 16.5 Å². The van der Waals surface area contributed by atoms with Gasteiger partial charge < -0.3 is 9.84 Å². The van der Waals surface area contributed by atoms with Gasteiger partial charge in [-0.15, -0.1) is 10.2 Å². The molecule has 0 radical (unpaired) electrons. The number of hydrogen-bond donors (Lipinski definition) is 1. The number of aliphatic hydroxyl groups excluding tert-OH is 1. The normalized spacial score (nSPS) is 16.6. The number of hydrogen-bond acceptors (Lipinski definition) is 8. The fourth-order valence-corrected chi connectivity index (χ4v) is 5.98. The van der Waals surface area contributed by atoms with Crippen molar-refractivity contribution in [1.82, 2.24) is 10.2 Å². The standard InChI is InChI=1S/C29H24FN3O4S2/c1-2-16-37-22-14-10-20(11-15-22)25(34)23-24(19-8-12-21(30)13-9-19)33(27(36)26(23)35)28-31-32-29(39-28)38-17-18-6-4-3-5-7-18/h3-15,24,34H,2,16-17H2,1H3/b25-23+. The van der Waals surface area contributed by atoms with Crippen molar-refractivity contribution in [3.8, 4) is 5.75 Å². The van der Waals surface area contributed by atoms with Gasteiger partial charge in [-0.3, -0.25) is 14.5 Å². The van der Waals surface area contributed by atoms with Gasteiger partial charge in [0.25, 0.3) is 5.78 Å². The molecule has 4 aromatic rings. The van der Waals surface area contributed by atoms with E-state index in [9.17, 15) is 19.1 Å². The summed E-state index contributed by atoms with van der Waals surface area (Å²) in [5.41, 5.74) is 1.80. The number of ketones is 1. The molecule has 1 fully saturated rings. The molecule has 1 unspecified atom stereocenters. The Morgan fingerprint density at radius 1 is 1.03 bits per heavy atom. The lowest BCUT2D eigenvalue weighted by Gasteiger charge is -2.22. The maximum absolute atomic E-state index is 13.8. The highest BCUT2D eigenvalue weighted by Gasteiger charge is 2.48. The van der Waals surface area contributed by atoms with Gasteiger partial charge in [-0.1, -0.05) is 72.5 Å². The number of carbonyl (C=O) groups is 2. The number of nitrogens with zero attached hydrogens (tertiary/aromatic N) is 3. The molecule has 0 bridgehead atoms. The topological polar surface area (TPSA) is 92.6 Å². The Morgan fingerprint density at radius 2 is 1.74 bits per heavy atom. The number of thioether (sulfide) groups is 1. The number of aliphatic hydroxyl groups is 1. The van der Waals surface area contributed by atoms with Crippen molar-refractivity contribution >= 4 is 45.7 Å². The van der Waals surface area contributed by atoms with Gasteiger partial charge in [-0.2, -0.15) is 0 Å². The minimum absolute atomic E-state index is 0.109. The molecule has 5 rings (SSSR count). The van der Waals surface area contributed by atoms with Gasteiger partial charge in [0.15, 0.2) is 4.34 Å². The van der Waals surface area contributed by atoms with Crippen molar-refractivity contribution in [2.45, 2.75) is 29.5 Å². The van der Waals surface area contributed by atoms with Gasteiger partial charge in [0.2, 0.25) is 5.13 Å². The van der Waals surface area contributed by atoms with Gasteiger partial charge in [-0.25, -0.2) is 4.39 Å². The smallest absolute Gasteiger partial charge is 0.301 e. The van der Waals surface area contributed by atoms with Crippen LogP contribution >= 0.6 is 23.1 Å². The van der Waals surface area contributed by atoms with E-state index < -0.39 is 23.5 Å². The minimum atomic E-state index is -1.01. The predicted molar refractivity (Wildman–Crippen MR) is 149 cm³/mol. The Hall–Kier alpha value is -4.02.